The maximum Gasteiger partial charge on any atom is 0.0465 e. The largest absolute Gasteiger partial charge is 0.380 e. The second-order valence-electron chi connectivity index (χ2n) is 3.03. The van der Waals surface area contributed by atoms with Gasteiger partial charge in [0.1, 0.15) is 0 Å². The van der Waals surface area contributed by atoms with Gasteiger partial charge in [-0.25, -0.2) is 0 Å². The Morgan fingerprint density at radius 2 is 2.30 bits per heavy atom. The van der Waals surface area contributed by atoms with Crippen LogP contribution >= 0.6 is 0 Å². The molecule has 1 saturated heterocycles. The molecule has 0 radical (unpaired) electrons. The van der Waals surface area contributed by atoms with Gasteiger partial charge in [-0.2, -0.15) is 0 Å². The summed E-state index contributed by atoms with van der Waals surface area (Å²) in [4.78, 5) is 2.09. The van der Waals surface area contributed by atoms with Crippen LogP contribution in [0.2, 0.25) is 0 Å². The lowest BCUT2D eigenvalue weighted by Gasteiger charge is -2.21. The van der Waals surface area contributed by atoms with Gasteiger partial charge in [0.2, 0.25) is 0 Å². The van der Waals surface area contributed by atoms with Crippen LogP contribution in [0.5, 0.6) is 0 Å². The Morgan fingerprint density at radius 3 is 2.70 bits per heavy atom. The molecular weight excluding hydrogens is 124 g/mol. The summed E-state index contributed by atoms with van der Waals surface area (Å²) in [5, 5.41) is 3.40. The van der Waals surface area contributed by atoms with E-state index in [1.807, 2.05) is 14.1 Å². The van der Waals surface area contributed by atoms with E-state index >= 15 is 0 Å². The number of hydrogen-bond acceptors (Lipinski definition) is 2. The normalized spacial score (nSPS) is 24.8. The third-order valence-corrected chi connectivity index (χ3v) is 2.04. The van der Waals surface area contributed by atoms with Gasteiger partial charge in [0.15, 0.2) is 0 Å². The minimum absolute atomic E-state index is 0.537. The smallest absolute Gasteiger partial charge is 0.0465 e. The Bertz CT molecular complexity index is 123. The van der Waals surface area contributed by atoms with Crippen molar-refractivity contribution in [3.8, 4) is 0 Å². The Labute approximate surface area is 62.9 Å². The predicted octanol–water partition coefficient (Wildman–Crippen LogP) is 0.814. The summed E-state index contributed by atoms with van der Waals surface area (Å²) in [6, 6.07) is 0.537. The minimum Gasteiger partial charge on any atom is -0.380 e. The molecule has 2 nitrogen and oxygen atoms in total. The Morgan fingerprint density at radius 1 is 1.60 bits per heavy atom. The first-order chi connectivity index (χ1) is 4.72. The molecule has 58 valence electrons. The molecule has 0 spiro atoms. The number of nitrogens with one attached hydrogen (secondary N) is 1. The van der Waals surface area contributed by atoms with Crippen LogP contribution in [-0.4, -0.2) is 31.6 Å². The fourth-order valence-electron chi connectivity index (χ4n) is 1.28. The molecule has 1 atom stereocenters. The highest BCUT2D eigenvalue weighted by atomic mass is 15.1. The van der Waals surface area contributed by atoms with Crippen molar-refractivity contribution >= 4 is 0 Å². The number of hydrogen-bond donors (Lipinski definition) is 1. The molecule has 1 fully saturated rings. The topological polar surface area (TPSA) is 15.3 Å². The maximum absolute atomic E-state index is 4.00. The van der Waals surface area contributed by atoms with Gasteiger partial charge in [0.25, 0.3) is 0 Å². The van der Waals surface area contributed by atoms with Gasteiger partial charge in [0.05, 0.1) is 0 Å². The molecular formula is C8H16N2. The van der Waals surface area contributed by atoms with Crippen LogP contribution in [0.15, 0.2) is 12.3 Å². The molecule has 0 aromatic heterocycles. The van der Waals surface area contributed by atoms with Gasteiger partial charge in [-0.05, 0) is 19.4 Å². The monoisotopic (exact) mass is 140 g/mol. The lowest BCUT2D eigenvalue weighted by Crippen LogP contribution is -2.30. The van der Waals surface area contributed by atoms with E-state index in [0.29, 0.717) is 6.04 Å². The summed E-state index contributed by atoms with van der Waals surface area (Å²) in [7, 11) is 4.09. The molecule has 1 unspecified atom stereocenters. The van der Waals surface area contributed by atoms with Crippen LogP contribution in [0.3, 0.4) is 0 Å². The molecule has 0 bridgehead atoms. The first-order valence-electron chi connectivity index (χ1n) is 3.81. The van der Waals surface area contributed by atoms with Crippen molar-refractivity contribution in [1.82, 2.24) is 10.2 Å². The molecule has 1 aliphatic rings. The van der Waals surface area contributed by atoms with Gasteiger partial charge in [-0.1, -0.05) is 6.58 Å². The maximum atomic E-state index is 4.00. The van der Waals surface area contributed by atoms with E-state index in [-0.39, 0.29) is 0 Å². The van der Waals surface area contributed by atoms with Crippen LogP contribution < -0.4 is 5.32 Å². The number of likely N-dealkylation sites (N-methyl/N-ethyl adjacent to an activating group) is 1. The summed E-state index contributed by atoms with van der Waals surface area (Å²) < 4.78 is 0. The Balaban J connectivity index is 2.40. The summed E-state index contributed by atoms with van der Waals surface area (Å²) >= 11 is 0. The van der Waals surface area contributed by atoms with Crippen LogP contribution in [0.4, 0.5) is 0 Å². The highest BCUT2D eigenvalue weighted by molar-refractivity contribution is 5.04. The summed E-state index contributed by atoms with van der Waals surface area (Å²) in [6.07, 6.45) is 2.54. The van der Waals surface area contributed by atoms with E-state index in [2.05, 4.69) is 16.8 Å². The van der Waals surface area contributed by atoms with E-state index in [4.69, 9.17) is 0 Å². The van der Waals surface area contributed by atoms with E-state index in [1.54, 1.807) is 0 Å². The Kier molecular flexibility index (Phi) is 2.33. The van der Waals surface area contributed by atoms with E-state index in [9.17, 15) is 0 Å². The molecule has 0 saturated carbocycles. The van der Waals surface area contributed by atoms with Crippen molar-refractivity contribution in [1.29, 1.82) is 0 Å². The lowest BCUT2D eigenvalue weighted by molar-refractivity contribution is 0.448. The molecule has 1 rings (SSSR count). The van der Waals surface area contributed by atoms with Crippen LogP contribution in [0.25, 0.3) is 0 Å². The standard InChI is InChI=1S/C8H16N2/c1-7(10(2)3)8-5-4-6-9-8/h8-9H,1,4-6H2,2-3H3. The average molecular weight is 140 g/mol. The van der Waals surface area contributed by atoms with Crippen molar-refractivity contribution in [2.45, 2.75) is 18.9 Å². The quantitative estimate of drug-likeness (QED) is 0.610. The van der Waals surface area contributed by atoms with Crippen LogP contribution in [0, 0.1) is 0 Å². The SMILES string of the molecule is C=C(C1CCCN1)N(C)C. The molecule has 0 aromatic carbocycles. The summed E-state index contributed by atoms with van der Waals surface area (Å²) in [6.45, 7) is 5.15. The van der Waals surface area contributed by atoms with Crippen LogP contribution in [0.1, 0.15) is 12.8 Å². The van der Waals surface area contributed by atoms with Crippen molar-refractivity contribution < 1.29 is 0 Å². The summed E-state index contributed by atoms with van der Waals surface area (Å²) in [5.41, 5.74) is 1.21. The highest BCUT2D eigenvalue weighted by Crippen LogP contribution is 2.13. The third kappa shape index (κ3) is 1.51. The van der Waals surface area contributed by atoms with Crippen molar-refractivity contribution in [2.24, 2.45) is 0 Å². The molecule has 10 heavy (non-hydrogen) atoms. The van der Waals surface area contributed by atoms with Gasteiger partial charge in [-0.3, -0.25) is 0 Å². The average Bonchev–Trinajstić information content (AvgIpc) is 2.36. The van der Waals surface area contributed by atoms with Gasteiger partial charge < -0.3 is 10.2 Å². The zero-order valence-electron chi connectivity index (χ0n) is 6.85. The fraction of sp³-hybridized carbons (Fsp3) is 0.750. The zero-order chi connectivity index (χ0) is 7.56. The predicted molar refractivity (Wildman–Crippen MR) is 43.9 cm³/mol. The molecule has 2 heteroatoms. The molecule has 1 N–H and O–H groups in total. The number of nitrogens with zero attached hydrogens (tertiary/aromatic N) is 1. The molecule has 0 aliphatic carbocycles. The van der Waals surface area contributed by atoms with Crippen molar-refractivity contribution in [2.75, 3.05) is 20.6 Å². The number of rotatable bonds is 2. The lowest BCUT2D eigenvalue weighted by atomic mass is 10.2. The van der Waals surface area contributed by atoms with Crippen molar-refractivity contribution in [3.63, 3.8) is 0 Å². The third-order valence-electron chi connectivity index (χ3n) is 2.04. The van der Waals surface area contributed by atoms with Gasteiger partial charge >= 0.3 is 0 Å². The van der Waals surface area contributed by atoms with E-state index in [1.165, 1.54) is 18.5 Å². The fourth-order valence-corrected chi connectivity index (χ4v) is 1.28. The minimum atomic E-state index is 0.537. The summed E-state index contributed by atoms with van der Waals surface area (Å²) in [5.74, 6) is 0. The second kappa shape index (κ2) is 3.06. The Hall–Kier alpha value is -0.500. The zero-order valence-corrected chi connectivity index (χ0v) is 6.85. The molecule has 0 amide bonds. The van der Waals surface area contributed by atoms with E-state index in [0.717, 1.165) is 6.54 Å². The second-order valence-corrected chi connectivity index (χ2v) is 3.03. The first kappa shape index (κ1) is 7.61. The van der Waals surface area contributed by atoms with Crippen LogP contribution in [-0.2, 0) is 0 Å². The first-order valence-corrected chi connectivity index (χ1v) is 3.81. The molecule has 1 aliphatic heterocycles. The van der Waals surface area contributed by atoms with Crippen molar-refractivity contribution in [3.05, 3.63) is 12.3 Å². The van der Waals surface area contributed by atoms with Gasteiger partial charge in [-0.15, -0.1) is 0 Å². The van der Waals surface area contributed by atoms with Gasteiger partial charge in [0, 0.05) is 25.8 Å². The van der Waals surface area contributed by atoms with E-state index < -0.39 is 0 Å². The molecule has 1 heterocycles. The molecule has 0 aromatic rings. The highest BCUT2D eigenvalue weighted by Gasteiger charge is 2.17.